The van der Waals surface area contributed by atoms with Gasteiger partial charge in [-0.1, -0.05) is 30.9 Å². The Kier molecular flexibility index (Phi) is 7.83. The fourth-order valence-electron chi connectivity index (χ4n) is 3.51. The van der Waals surface area contributed by atoms with Gasteiger partial charge in [-0.25, -0.2) is 9.18 Å². The number of halogens is 1. The van der Waals surface area contributed by atoms with Crippen LogP contribution >= 0.6 is 0 Å². The summed E-state index contributed by atoms with van der Waals surface area (Å²) in [7, 11) is 0. The van der Waals surface area contributed by atoms with Crippen LogP contribution < -0.4 is 4.74 Å². The maximum absolute atomic E-state index is 13.2. The van der Waals surface area contributed by atoms with Crippen LogP contribution in [0.4, 0.5) is 4.39 Å². The average molecular weight is 409 g/mol. The first-order chi connectivity index (χ1) is 14.5. The predicted molar refractivity (Wildman–Crippen MR) is 119 cm³/mol. The van der Waals surface area contributed by atoms with Crippen LogP contribution in [0.25, 0.3) is 11.6 Å². The number of hydrogen-bond acceptors (Lipinski definition) is 3. The Labute approximate surface area is 178 Å². The Morgan fingerprint density at radius 3 is 2.57 bits per heavy atom. The molecule has 4 heteroatoms. The highest BCUT2D eigenvalue weighted by Crippen LogP contribution is 2.31. The van der Waals surface area contributed by atoms with Gasteiger partial charge in [-0.05, 0) is 92.0 Å². The molecule has 0 unspecified atom stereocenters. The molecule has 0 fully saturated rings. The highest BCUT2D eigenvalue weighted by molar-refractivity contribution is 5.86. The molecule has 0 radical (unpaired) electrons. The molecule has 1 aliphatic carbocycles. The van der Waals surface area contributed by atoms with Crippen molar-refractivity contribution in [2.75, 3.05) is 13.2 Å². The fourth-order valence-corrected chi connectivity index (χ4v) is 3.51. The number of benzene rings is 2. The third-order valence-electron chi connectivity index (χ3n) is 5.19. The zero-order valence-corrected chi connectivity index (χ0v) is 17.6. The van der Waals surface area contributed by atoms with Crippen LogP contribution in [0.1, 0.15) is 55.7 Å². The zero-order valence-electron chi connectivity index (χ0n) is 17.6. The number of carbonyl (C=O) groups is 1. The molecule has 0 spiro atoms. The summed E-state index contributed by atoms with van der Waals surface area (Å²) in [5, 5.41) is 0. The van der Waals surface area contributed by atoms with Crippen LogP contribution in [0.2, 0.25) is 0 Å². The van der Waals surface area contributed by atoms with E-state index in [1.165, 1.54) is 28.8 Å². The van der Waals surface area contributed by atoms with Crippen molar-refractivity contribution in [3.05, 3.63) is 77.1 Å². The van der Waals surface area contributed by atoms with E-state index in [-0.39, 0.29) is 11.8 Å². The third kappa shape index (κ3) is 6.31. The number of rotatable bonds is 9. The number of hydrogen-bond donors (Lipinski definition) is 0. The van der Waals surface area contributed by atoms with Gasteiger partial charge in [-0.15, -0.1) is 0 Å². The van der Waals surface area contributed by atoms with E-state index in [0.29, 0.717) is 18.8 Å². The third-order valence-corrected chi connectivity index (χ3v) is 5.19. The van der Waals surface area contributed by atoms with E-state index >= 15 is 0 Å². The summed E-state index contributed by atoms with van der Waals surface area (Å²) >= 11 is 0. The number of unbranched alkanes of at least 4 members (excludes halogenated alkanes) is 2. The number of ether oxygens (including phenoxy) is 2. The first-order valence-electron chi connectivity index (χ1n) is 10.6. The first-order valence-corrected chi connectivity index (χ1v) is 10.6. The molecule has 158 valence electrons. The monoisotopic (exact) mass is 408 g/mol. The Balaban J connectivity index is 1.49. The molecule has 0 bridgehead atoms. The summed E-state index contributed by atoms with van der Waals surface area (Å²) in [6.45, 7) is 6.28. The van der Waals surface area contributed by atoms with Crippen LogP contribution in [0.3, 0.4) is 0 Å². The van der Waals surface area contributed by atoms with Gasteiger partial charge in [-0.3, -0.25) is 0 Å². The lowest BCUT2D eigenvalue weighted by molar-refractivity contribution is -0.139. The minimum Gasteiger partial charge on any atom is -0.494 e. The Bertz CT molecular complexity index is 912. The molecule has 30 heavy (non-hydrogen) atoms. The maximum atomic E-state index is 13.2. The number of fused-ring (bicyclic) bond motifs is 1. The van der Waals surface area contributed by atoms with Crippen molar-refractivity contribution in [2.24, 2.45) is 0 Å². The Morgan fingerprint density at radius 2 is 1.80 bits per heavy atom. The van der Waals surface area contributed by atoms with Gasteiger partial charge in [0.2, 0.25) is 0 Å². The number of carbonyl (C=O) groups excluding carboxylic acids is 1. The molecular weight excluding hydrogens is 379 g/mol. The molecular formula is C26H29FO3. The number of allylic oxidation sites excluding steroid dienone is 1. The van der Waals surface area contributed by atoms with Crippen LogP contribution in [0, 0.1) is 5.82 Å². The molecule has 0 amide bonds. The van der Waals surface area contributed by atoms with E-state index in [4.69, 9.17) is 9.47 Å². The van der Waals surface area contributed by atoms with Crippen LogP contribution in [0.5, 0.6) is 5.75 Å². The molecule has 0 aromatic heterocycles. The quantitative estimate of drug-likeness (QED) is 0.275. The Morgan fingerprint density at radius 1 is 1.03 bits per heavy atom. The summed E-state index contributed by atoms with van der Waals surface area (Å²) in [5.41, 5.74) is 5.25. The topological polar surface area (TPSA) is 35.5 Å². The molecule has 0 saturated carbocycles. The molecule has 0 saturated heterocycles. The molecule has 2 aromatic rings. The van der Waals surface area contributed by atoms with E-state index in [9.17, 15) is 9.18 Å². The Hall–Kier alpha value is -2.88. The SMILES string of the molecule is C=C(C)C(=O)OCCCCCOc1ccc2c(c1)CCCC(c1ccc(F)cc1)=C2. The molecule has 3 rings (SSSR count). The molecule has 3 nitrogen and oxygen atoms in total. The minimum absolute atomic E-state index is 0.206. The number of aryl methyl sites for hydroxylation is 1. The van der Waals surface area contributed by atoms with Gasteiger partial charge in [0.15, 0.2) is 0 Å². The average Bonchev–Trinajstić information content (AvgIpc) is 2.95. The van der Waals surface area contributed by atoms with Gasteiger partial charge < -0.3 is 9.47 Å². The molecule has 1 aliphatic rings. The van der Waals surface area contributed by atoms with Gasteiger partial charge in [0.1, 0.15) is 11.6 Å². The second-order valence-corrected chi connectivity index (χ2v) is 7.72. The molecule has 0 heterocycles. The summed E-state index contributed by atoms with van der Waals surface area (Å²) in [6.07, 6.45) is 7.93. The molecule has 0 atom stereocenters. The lowest BCUT2D eigenvalue weighted by atomic mass is 10.0. The van der Waals surface area contributed by atoms with Crippen molar-refractivity contribution in [2.45, 2.75) is 45.4 Å². The van der Waals surface area contributed by atoms with Crippen LogP contribution in [-0.2, 0) is 16.0 Å². The van der Waals surface area contributed by atoms with Crippen molar-refractivity contribution in [3.63, 3.8) is 0 Å². The summed E-state index contributed by atoms with van der Waals surface area (Å²) < 4.78 is 24.2. The summed E-state index contributed by atoms with van der Waals surface area (Å²) in [4.78, 5) is 11.3. The van der Waals surface area contributed by atoms with Crippen LogP contribution in [-0.4, -0.2) is 19.2 Å². The lowest BCUT2D eigenvalue weighted by Gasteiger charge is -2.10. The van der Waals surface area contributed by atoms with Crippen molar-refractivity contribution in [1.29, 1.82) is 0 Å². The van der Waals surface area contributed by atoms with Crippen molar-refractivity contribution in [1.82, 2.24) is 0 Å². The molecule has 2 aromatic carbocycles. The lowest BCUT2D eigenvalue weighted by Crippen LogP contribution is -2.06. The predicted octanol–water partition coefficient (Wildman–Crippen LogP) is 6.37. The molecule has 0 N–H and O–H groups in total. The summed E-state index contributed by atoms with van der Waals surface area (Å²) in [6, 6.07) is 13.0. The zero-order chi connectivity index (χ0) is 21.3. The van der Waals surface area contributed by atoms with Gasteiger partial charge in [0.05, 0.1) is 13.2 Å². The number of esters is 1. The second kappa shape index (κ2) is 10.8. The van der Waals surface area contributed by atoms with E-state index in [0.717, 1.165) is 49.8 Å². The van der Waals surface area contributed by atoms with Crippen LogP contribution in [0.15, 0.2) is 54.6 Å². The normalized spacial score (nSPS) is 13.1. The standard InChI is InChI=1S/C26H29FO3/c1-19(2)26(28)30-16-5-3-4-15-29-25-14-11-23-17-21(7-6-8-22(23)18-25)20-9-12-24(27)13-10-20/h9-14,17-18H,1,3-8,15-16H2,2H3. The van der Waals surface area contributed by atoms with Gasteiger partial charge in [-0.2, -0.15) is 0 Å². The van der Waals surface area contributed by atoms with E-state index in [1.807, 2.05) is 18.2 Å². The van der Waals surface area contributed by atoms with Crippen molar-refractivity contribution in [3.8, 4) is 5.75 Å². The van der Waals surface area contributed by atoms with Crippen molar-refractivity contribution >= 4 is 17.6 Å². The van der Waals surface area contributed by atoms with E-state index < -0.39 is 0 Å². The minimum atomic E-state index is -0.326. The smallest absolute Gasteiger partial charge is 0.333 e. The van der Waals surface area contributed by atoms with Gasteiger partial charge in [0, 0.05) is 5.57 Å². The van der Waals surface area contributed by atoms with E-state index in [2.05, 4.69) is 24.8 Å². The highest BCUT2D eigenvalue weighted by Gasteiger charge is 2.11. The first kappa shape index (κ1) is 21.8. The van der Waals surface area contributed by atoms with Gasteiger partial charge in [0.25, 0.3) is 0 Å². The largest absolute Gasteiger partial charge is 0.494 e. The van der Waals surface area contributed by atoms with Crippen molar-refractivity contribution < 1.29 is 18.7 Å². The maximum Gasteiger partial charge on any atom is 0.333 e. The van der Waals surface area contributed by atoms with E-state index in [1.54, 1.807) is 6.92 Å². The summed E-state index contributed by atoms with van der Waals surface area (Å²) in [5.74, 6) is 0.358. The highest BCUT2D eigenvalue weighted by atomic mass is 19.1. The van der Waals surface area contributed by atoms with Gasteiger partial charge >= 0.3 is 5.97 Å². The second-order valence-electron chi connectivity index (χ2n) is 7.72. The molecule has 0 aliphatic heterocycles. The fraction of sp³-hybridized carbons (Fsp3) is 0.346.